The average molecular weight is 316 g/mol. The maximum absolute atomic E-state index is 12.3. The van der Waals surface area contributed by atoms with Crippen molar-refractivity contribution in [3.63, 3.8) is 0 Å². The number of nitrogens with zero attached hydrogens (tertiary/aromatic N) is 1. The molecule has 2 unspecified atom stereocenters. The Morgan fingerprint density at radius 3 is 2.67 bits per heavy atom. The summed E-state index contributed by atoms with van der Waals surface area (Å²) in [6, 6.07) is 0.297. The molecule has 0 aromatic heterocycles. The summed E-state index contributed by atoms with van der Waals surface area (Å²) in [5.74, 6) is 0.313. The number of urea groups is 1. The normalized spacial score (nSPS) is 21.5. The van der Waals surface area contributed by atoms with Crippen molar-refractivity contribution < 1.29 is 14.7 Å². The van der Waals surface area contributed by atoms with Crippen molar-refractivity contribution in [2.45, 2.75) is 70.2 Å². The summed E-state index contributed by atoms with van der Waals surface area (Å²) in [5, 5.41) is 12.5. The van der Waals surface area contributed by atoms with Gasteiger partial charge in [0.25, 0.3) is 0 Å². The lowest BCUT2D eigenvalue weighted by atomic mass is 10.2. The van der Waals surface area contributed by atoms with Crippen LogP contribution in [0.25, 0.3) is 0 Å². The Kier molecular flexibility index (Phi) is 7.93. The molecule has 0 aliphatic heterocycles. The van der Waals surface area contributed by atoms with E-state index in [-0.39, 0.29) is 24.5 Å². The summed E-state index contributed by atoms with van der Waals surface area (Å²) < 4.78 is 0. The zero-order chi connectivity index (χ0) is 15.8. The predicted molar refractivity (Wildman–Crippen MR) is 86.8 cm³/mol. The zero-order valence-electron chi connectivity index (χ0n) is 13.3. The molecule has 1 rings (SSSR count). The first kappa shape index (κ1) is 18.1. The van der Waals surface area contributed by atoms with Crippen LogP contribution in [0.3, 0.4) is 0 Å². The highest BCUT2D eigenvalue weighted by Crippen LogP contribution is 2.29. The molecule has 2 N–H and O–H groups in total. The fourth-order valence-electron chi connectivity index (χ4n) is 2.71. The molecule has 0 spiro atoms. The highest BCUT2D eigenvalue weighted by Gasteiger charge is 2.27. The maximum atomic E-state index is 12.3. The molecule has 1 saturated carbocycles. The summed E-state index contributed by atoms with van der Waals surface area (Å²) >= 11 is 1.97. The summed E-state index contributed by atoms with van der Waals surface area (Å²) in [5.41, 5.74) is 0. The second-order valence-corrected chi connectivity index (χ2v) is 7.40. The van der Waals surface area contributed by atoms with Gasteiger partial charge in [0, 0.05) is 30.3 Å². The Labute approximate surface area is 131 Å². The number of hydrogen-bond donors (Lipinski definition) is 2. The number of carbonyl (C=O) groups is 2. The van der Waals surface area contributed by atoms with E-state index in [1.54, 1.807) is 4.90 Å². The smallest absolute Gasteiger partial charge is 0.317 e. The molecular weight excluding hydrogens is 288 g/mol. The van der Waals surface area contributed by atoms with E-state index >= 15 is 0 Å². The van der Waals surface area contributed by atoms with Gasteiger partial charge in [-0.1, -0.05) is 6.92 Å². The van der Waals surface area contributed by atoms with Crippen molar-refractivity contribution in [2.24, 2.45) is 0 Å². The first-order valence-electron chi connectivity index (χ1n) is 7.84. The number of amides is 2. The Hall–Kier alpha value is -0.910. The second kappa shape index (κ2) is 9.18. The molecule has 0 saturated heterocycles. The number of thioether (sulfide) groups is 1. The van der Waals surface area contributed by atoms with Gasteiger partial charge in [-0.15, -0.1) is 0 Å². The quantitative estimate of drug-likeness (QED) is 0.722. The van der Waals surface area contributed by atoms with Crippen molar-refractivity contribution in [2.75, 3.05) is 12.3 Å². The van der Waals surface area contributed by atoms with Crippen LogP contribution in [0, 0.1) is 0 Å². The first-order valence-corrected chi connectivity index (χ1v) is 8.89. The van der Waals surface area contributed by atoms with Gasteiger partial charge in [-0.2, -0.15) is 11.8 Å². The third-order valence-corrected chi connectivity index (χ3v) is 5.02. The Morgan fingerprint density at radius 2 is 2.10 bits per heavy atom. The lowest BCUT2D eigenvalue weighted by Gasteiger charge is -2.28. The van der Waals surface area contributed by atoms with Crippen molar-refractivity contribution in [1.29, 1.82) is 0 Å². The fraction of sp³-hybridized carbons (Fsp3) is 0.867. The molecule has 0 radical (unpaired) electrons. The van der Waals surface area contributed by atoms with Crippen LogP contribution in [0.1, 0.15) is 52.9 Å². The minimum absolute atomic E-state index is 0.0532. The predicted octanol–water partition coefficient (Wildman–Crippen LogP) is 2.95. The number of nitrogens with one attached hydrogen (secondary N) is 1. The van der Waals surface area contributed by atoms with Crippen molar-refractivity contribution >= 4 is 23.8 Å². The van der Waals surface area contributed by atoms with E-state index in [1.807, 2.05) is 25.6 Å². The highest BCUT2D eigenvalue weighted by atomic mass is 32.2. The van der Waals surface area contributed by atoms with Crippen LogP contribution in [0.15, 0.2) is 0 Å². The number of rotatable bonds is 8. The van der Waals surface area contributed by atoms with E-state index in [1.165, 1.54) is 6.42 Å². The molecule has 2 amide bonds. The molecule has 5 nitrogen and oxygen atoms in total. The summed E-state index contributed by atoms with van der Waals surface area (Å²) in [7, 11) is 0. The lowest BCUT2D eigenvalue weighted by Crippen LogP contribution is -2.47. The van der Waals surface area contributed by atoms with Gasteiger partial charge in [-0.3, -0.25) is 4.79 Å². The molecule has 21 heavy (non-hydrogen) atoms. The molecule has 6 heteroatoms. The topological polar surface area (TPSA) is 69.6 Å². The highest BCUT2D eigenvalue weighted by molar-refractivity contribution is 7.99. The van der Waals surface area contributed by atoms with Crippen LogP contribution < -0.4 is 5.32 Å². The van der Waals surface area contributed by atoms with Gasteiger partial charge < -0.3 is 15.3 Å². The van der Waals surface area contributed by atoms with Crippen LogP contribution in [-0.2, 0) is 4.79 Å². The van der Waals surface area contributed by atoms with Gasteiger partial charge in [0.15, 0.2) is 0 Å². The summed E-state index contributed by atoms with van der Waals surface area (Å²) in [6.45, 7) is 6.59. The average Bonchev–Trinajstić information content (AvgIpc) is 2.81. The summed E-state index contributed by atoms with van der Waals surface area (Å²) in [4.78, 5) is 24.7. The number of carboxylic acid groups (broad SMARTS) is 1. The van der Waals surface area contributed by atoms with E-state index in [0.29, 0.717) is 18.2 Å². The van der Waals surface area contributed by atoms with Crippen LogP contribution in [0.5, 0.6) is 0 Å². The van der Waals surface area contributed by atoms with Gasteiger partial charge in [0.05, 0.1) is 0 Å². The van der Waals surface area contributed by atoms with Gasteiger partial charge in [-0.05, 0) is 45.3 Å². The minimum Gasteiger partial charge on any atom is -0.481 e. The minimum atomic E-state index is -0.811. The third-order valence-electron chi connectivity index (χ3n) is 3.79. The van der Waals surface area contributed by atoms with Crippen LogP contribution in [-0.4, -0.2) is 51.6 Å². The van der Waals surface area contributed by atoms with Gasteiger partial charge in [0.1, 0.15) is 0 Å². The van der Waals surface area contributed by atoms with Crippen molar-refractivity contribution in [1.82, 2.24) is 10.2 Å². The molecule has 0 aromatic carbocycles. The number of hydrogen-bond acceptors (Lipinski definition) is 3. The molecule has 2 atom stereocenters. The molecule has 0 aromatic rings. The zero-order valence-corrected chi connectivity index (χ0v) is 14.1. The van der Waals surface area contributed by atoms with Crippen LogP contribution in [0.4, 0.5) is 4.79 Å². The number of carbonyl (C=O) groups excluding carboxylic acids is 1. The Balaban J connectivity index is 2.40. The fourth-order valence-corrected chi connectivity index (χ4v) is 3.85. The van der Waals surface area contributed by atoms with Crippen molar-refractivity contribution in [3.05, 3.63) is 0 Å². The van der Waals surface area contributed by atoms with E-state index < -0.39 is 5.97 Å². The van der Waals surface area contributed by atoms with Crippen LogP contribution in [0.2, 0.25) is 0 Å². The number of carboxylic acids is 1. The van der Waals surface area contributed by atoms with Gasteiger partial charge >= 0.3 is 12.0 Å². The Bertz CT molecular complexity index is 350. The van der Waals surface area contributed by atoms with E-state index in [0.717, 1.165) is 18.6 Å². The summed E-state index contributed by atoms with van der Waals surface area (Å²) in [6.07, 6.45) is 3.87. The standard InChI is InChI=1S/C15H28N2O3S/c1-4-21-13-8-7-12(10-13)16-15(20)17(11(2)3)9-5-6-14(18)19/h11-13H,4-10H2,1-3H3,(H,16,20)(H,18,19). The monoisotopic (exact) mass is 316 g/mol. The maximum Gasteiger partial charge on any atom is 0.317 e. The lowest BCUT2D eigenvalue weighted by molar-refractivity contribution is -0.137. The van der Waals surface area contributed by atoms with Crippen molar-refractivity contribution in [3.8, 4) is 0 Å². The van der Waals surface area contributed by atoms with E-state index in [4.69, 9.17) is 5.11 Å². The SMILES string of the molecule is CCSC1CCC(NC(=O)N(CCCC(=O)O)C(C)C)C1. The molecule has 122 valence electrons. The molecule has 0 heterocycles. The van der Waals surface area contributed by atoms with Crippen LogP contribution >= 0.6 is 11.8 Å². The van der Waals surface area contributed by atoms with Gasteiger partial charge in [0.2, 0.25) is 0 Å². The molecule has 1 fully saturated rings. The van der Waals surface area contributed by atoms with E-state index in [9.17, 15) is 9.59 Å². The second-order valence-electron chi connectivity index (χ2n) is 5.82. The largest absolute Gasteiger partial charge is 0.481 e. The molecular formula is C15H28N2O3S. The molecule has 0 bridgehead atoms. The number of aliphatic carboxylic acids is 1. The first-order chi connectivity index (χ1) is 9.93. The van der Waals surface area contributed by atoms with Gasteiger partial charge in [-0.25, -0.2) is 4.79 Å². The van der Waals surface area contributed by atoms with E-state index in [2.05, 4.69) is 12.2 Å². The third kappa shape index (κ3) is 6.59. The molecule has 1 aliphatic rings. The Morgan fingerprint density at radius 1 is 1.38 bits per heavy atom. The molecule has 1 aliphatic carbocycles.